The van der Waals surface area contributed by atoms with Gasteiger partial charge in [0.15, 0.2) is 0 Å². The van der Waals surface area contributed by atoms with E-state index in [1.807, 2.05) is 0 Å². The van der Waals surface area contributed by atoms with Crippen LogP contribution in [0.3, 0.4) is 0 Å². The van der Waals surface area contributed by atoms with Crippen LogP contribution in [0.2, 0.25) is 0 Å². The summed E-state index contributed by atoms with van der Waals surface area (Å²) in [4.78, 5) is 21.0. The molecule has 2 fully saturated rings. The Morgan fingerprint density at radius 3 is 2.44 bits per heavy atom. The van der Waals surface area contributed by atoms with Gasteiger partial charge in [0, 0.05) is 11.6 Å². The summed E-state index contributed by atoms with van der Waals surface area (Å²) in [6.45, 7) is 9.40. The summed E-state index contributed by atoms with van der Waals surface area (Å²) in [7, 11) is 0. The second-order valence-electron chi connectivity index (χ2n) is 4.17. The SMILES string of the molecule is C=C(C)C(=O)OCC1CO1.C=CC(=O)OC1CC1. The van der Waals surface area contributed by atoms with Crippen molar-refractivity contribution in [2.75, 3.05) is 13.2 Å². The molecule has 1 atom stereocenters. The lowest BCUT2D eigenvalue weighted by molar-refractivity contribution is -0.140. The first-order chi connectivity index (χ1) is 8.52. The topological polar surface area (TPSA) is 65.1 Å². The maximum Gasteiger partial charge on any atom is 0.333 e. The Hall–Kier alpha value is -1.62. The summed E-state index contributed by atoms with van der Waals surface area (Å²) in [6.07, 6.45) is 3.60. The van der Waals surface area contributed by atoms with E-state index in [1.165, 1.54) is 6.08 Å². The van der Waals surface area contributed by atoms with Gasteiger partial charge in [-0.2, -0.15) is 0 Å². The van der Waals surface area contributed by atoms with Gasteiger partial charge in [0.2, 0.25) is 0 Å². The highest BCUT2D eigenvalue weighted by Gasteiger charge is 2.24. The van der Waals surface area contributed by atoms with Crippen molar-refractivity contribution in [3.8, 4) is 0 Å². The number of carbonyl (C=O) groups is 2. The van der Waals surface area contributed by atoms with Crippen LogP contribution < -0.4 is 0 Å². The fourth-order valence-corrected chi connectivity index (χ4v) is 0.854. The highest BCUT2D eigenvalue weighted by atomic mass is 16.6. The normalized spacial score (nSPS) is 19.9. The van der Waals surface area contributed by atoms with Gasteiger partial charge in [-0.1, -0.05) is 13.2 Å². The third-order valence-electron chi connectivity index (χ3n) is 2.13. The summed E-state index contributed by atoms with van der Waals surface area (Å²) in [5.74, 6) is -0.636. The third kappa shape index (κ3) is 6.85. The van der Waals surface area contributed by atoms with E-state index in [1.54, 1.807) is 6.92 Å². The molecule has 100 valence electrons. The lowest BCUT2D eigenvalue weighted by Crippen LogP contribution is -2.09. The number of hydrogen-bond acceptors (Lipinski definition) is 5. The average Bonchev–Trinajstić information content (AvgIpc) is 3.20. The molecule has 5 nitrogen and oxygen atoms in total. The summed E-state index contributed by atoms with van der Waals surface area (Å²) in [6, 6.07) is 0. The Bertz CT molecular complexity index is 339. The van der Waals surface area contributed by atoms with E-state index in [4.69, 9.17) is 14.2 Å². The van der Waals surface area contributed by atoms with E-state index in [9.17, 15) is 9.59 Å². The number of epoxide rings is 1. The molecule has 0 radical (unpaired) electrons. The van der Waals surface area contributed by atoms with E-state index in [-0.39, 0.29) is 24.1 Å². The molecule has 1 aliphatic carbocycles. The first-order valence-corrected chi connectivity index (χ1v) is 5.80. The highest BCUT2D eigenvalue weighted by molar-refractivity contribution is 5.86. The summed E-state index contributed by atoms with van der Waals surface area (Å²) >= 11 is 0. The van der Waals surface area contributed by atoms with Gasteiger partial charge >= 0.3 is 11.9 Å². The maximum atomic E-state index is 10.7. The van der Waals surface area contributed by atoms with E-state index in [0.717, 1.165) is 12.8 Å². The Morgan fingerprint density at radius 2 is 2.06 bits per heavy atom. The largest absolute Gasteiger partial charge is 0.459 e. The molecule has 0 amide bonds. The molecular formula is C13H18O5. The molecular weight excluding hydrogens is 236 g/mol. The smallest absolute Gasteiger partial charge is 0.333 e. The lowest BCUT2D eigenvalue weighted by Gasteiger charge is -1.99. The van der Waals surface area contributed by atoms with Gasteiger partial charge in [0.05, 0.1) is 6.61 Å². The van der Waals surface area contributed by atoms with Crippen LogP contribution in [0.5, 0.6) is 0 Å². The lowest BCUT2D eigenvalue weighted by atomic mass is 10.4. The summed E-state index contributed by atoms with van der Waals surface area (Å²) in [5.41, 5.74) is 0.431. The fourth-order valence-electron chi connectivity index (χ4n) is 0.854. The van der Waals surface area contributed by atoms with Gasteiger partial charge in [0.1, 0.15) is 18.8 Å². The average molecular weight is 254 g/mol. The van der Waals surface area contributed by atoms with Crippen LogP contribution in [0.15, 0.2) is 24.8 Å². The van der Waals surface area contributed by atoms with E-state index < -0.39 is 0 Å². The molecule has 1 heterocycles. The zero-order chi connectivity index (χ0) is 13.5. The Balaban J connectivity index is 0.000000184. The van der Waals surface area contributed by atoms with Crippen molar-refractivity contribution in [3.63, 3.8) is 0 Å². The number of esters is 2. The predicted molar refractivity (Wildman–Crippen MR) is 64.8 cm³/mol. The van der Waals surface area contributed by atoms with Crippen LogP contribution in [-0.4, -0.2) is 37.4 Å². The molecule has 0 bridgehead atoms. The Morgan fingerprint density at radius 1 is 1.44 bits per heavy atom. The quantitative estimate of drug-likeness (QED) is 0.421. The molecule has 1 aliphatic heterocycles. The van der Waals surface area contributed by atoms with Gasteiger partial charge in [-0.15, -0.1) is 0 Å². The molecule has 1 saturated heterocycles. The van der Waals surface area contributed by atoms with Crippen molar-refractivity contribution >= 4 is 11.9 Å². The molecule has 5 heteroatoms. The van der Waals surface area contributed by atoms with Gasteiger partial charge in [-0.3, -0.25) is 0 Å². The molecule has 2 aliphatic rings. The number of hydrogen-bond donors (Lipinski definition) is 0. The van der Waals surface area contributed by atoms with Crippen molar-refractivity contribution in [2.45, 2.75) is 32.0 Å². The first kappa shape index (κ1) is 14.4. The fraction of sp³-hybridized carbons (Fsp3) is 0.538. The number of rotatable bonds is 5. The standard InChI is InChI=1S/C7H10O3.C6H8O2/c1-5(2)7(8)10-4-6-3-9-6;1-2-6(7)8-5-3-4-5/h6H,1,3-4H2,2H3;2,5H,1,3-4H2. The molecule has 0 aromatic rings. The number of ether oxygens (including phenoxy) is 3. The molecule has 0 aromatic carbocycles. The minimum atomic E-state index is -0.337. The molecule has 1 saturated carbocycles. The minimum Gasteiger partial charge on any atom is -0.459 e. The zero-order valence-corrected chi connectivity index (χ0v) is 10.5. The van der Waals surface area contributed by atoms with Crippen molar-refractivity contribution in [2.24, 2.45) is 0 Å². The third-order valence-corrected chi connectivity index (χ3v) is 2.13. The van der Waals surface area contributed by atoms with Crippen LogP contribution in [-0.2, 0) is 23.8 Å². The van der Waals surface area contributed by atoms with E-state index in [2.05, 4.69) is 13.2 Å². The van der Waals surface area contributed by atoms with Crippen LogP contribution in [0.4, 0.5) is 0 Å². The highest BCUT2D eigenvalue weighted by Crippen LogP contribution is 2.23. The monoisotopic (exact) mass is 254 g/mol. The minimum absolute atomic E-state index is 0.142. The number of carbonyl (C=O) groups excluding carboxylic acids is 2. The second-order valence-corrected chi connectivity index (χ2v) is 4.17. The van der Waals surface area contributed by atoms with Crippen LogP contribution in [0.25, 0.3) is 0 Å². The van der Waals surface area contributed by atoms with Gasteiger partial charge < -0.3 is 14.2 Å². The van der Waals surface area contributed by atoms with E-state index in [0.29, 0.717) is 18.8 Å². The Labute approximate surface area is 106 Å². The molecule has 0 spiro atoms. The Kier molecular flexibility index (Phi) is 5.58. The van der Waals surface area contributed by atoms with Crippen molar-refractivity contribution < 1.29 is 23.8 Å². The molecule has 1 unspecified atom stereocenters. The van der Waals surface area contributed by atoms with Crippen molar-refractivity contribution in [1.29, 1.82) is 0 Å². The van der Waals surface area contributed by atoms with Crippen LogP contribution >= 0.6 is 0 Å². The van der Waals surface area contributed by atoms with Crippen molar-refractivity contribution in [3.05, 3.63) is 24.8 Å². The van der Waals surface area contributed by atoms with Crippen molar-refractivity contribution in [1.82, 2.24) is 0 Å². The molecule has 0 N–H and O–H groups in total. The van der Waals surface area contributed by atoms with Gasteiger partial charge in [-0.05, 0) is 19.8 Å². The van der Waals surface area contributed by atoms with Gasteiger partial charge in [0.25, 0.3) is 0 Å². The second kappa shape index (κ2) is 6.96. The van der Waals surface area contributed by atoms with Crippen LogP contribution in [0.1, 0.15) is 19.8 Å². The van der Waals surface area contributed by atoms with Gasteiger partial charge in [-0.25, -0.2) is 9.59 Å². The summed E-state index contributed by atoms with van der Waals surface area (Å²) in [5, 5.41) is 0. The molecule has 2 rings (SSSR count). The van der Waals surface area contributed by atoms with Crippen LogP contribution in [0, 0.1) is 0 Å². The maximum absolute atomic E-state index is 10.7. The summed E-state index contributed by atoms with van der Waals surface area (Å²) < 4.78 is 14.3. The predicted octanol–water partition coefficient (Wildman–Crippen LogP) is 1.38. The molecule has 0 aromatic heterocycles. The molecule has 18 heavy (non-hydrogen) atoms. The zero-order valence-electron chi connectivity index (χ0n) is 10.5. The van der Waals surface area contributed by atoms with E-state index >= 15 is 0 Å². The first-order valence-electron chi connectivity index (χ1n) is 5.80.